The van der Waals surface area contributed by atoms with Crippen LogP contribution in [0.25, 0.3) is 0 Å². The molecule has 1 amide bonds. The summed E-state index contributed by atoms with van der Waals surface area (Å²) in [6.45, 7) is 11.2. The quantitative estimate of drug-likeness (QED) is 0.854. The van der Waals surface area contributed by atoms with Crippen LogP contribution < -0.4 is 5.32 Å². The molecule has 0 spiro atoms. The number of anilines is 1. The van der Waals surface area contributed by atoms with E-state index in [0.717, 1.165) is 16.8 Å². The molecule has 3 aliphatic rings. The molecule has 0 aromatic heterocycles. The van der Waals surface area contributed by atoms with Gasteiger partial charge in [-0.05, 0) is 53.2 Å². The normalized spacial score (nSPS) is 36.1. The third-order valence-corrected chi connectivity index (χ3v) is 5.05. The van der Waals surface area contributed by atoms with Gasteiger partial charge in [0.05, 0.1) is 0 Å². The summed E-state index contributed by atoms with van der Waals surface area (Å²) in [5.41, 5.74) is 2.87. The molecule has 3 saturated heterocycles. The number of amides is 1. The maximum Gasteiger partial charge on any atom is 0.256 e. The van der Waals surface area contributed by atoms with Crippen LogP contribution in [0.5, 0.6) is 0 Å². The van der Waals surface area contributed by atoms with Crippen LogP contribution in [0.1, 0.15) is 38.8 Å². The van der Waals surface area contributed by atoms with Crippen molar-refractivity contribution in [3.05, 3.63) is 29.3 Å². The maximum absolute atomic E-state index is 13.0. The van der Waals surface area contributed by atoms with Crippen LogP contribution in [0.15, 0.2) is 18.2 Å². The predicted molar refractivity (Wildman–Crippen MR) is 97.1 cm³/mol. The largest absolute Gasteiger partial charge is 0.342 e. The molecule has 3 fully saturated rings. The van der Waals surface area contributed by atoms with Gasteiger partial charge in [0.2, 0.25) is 0 Å². The number of hydrogen-bond acceptors (Lipinski definition) is 6. The monoisotopic (exact) mass is 377 g/mol. The van der Waals surface area contributed by atoms with Gasteiger partial charge in [-0.15, -0.1) is 0 Å². The molecule has 7 heteroatoms. The Labute approximate surface area is 159 Å². The topological polar surface area (TPSA) is 75.3 Å². The maximum atomic E-state index is 13.0. The summed E-state index contributed by atoms with van der Waals surface area (Å²) in [6.07, 6.45) is -3.03. The third kappa shape index (κ3) is 3.50. The summed E-state index contributed by atoms with van der Waals surface area (Å²) < 4.78 is 29.8. The van der Waals surface area contributed by atoms with Gasteiger partial charge in [-0.2, -0.15) is 0 Å². The average Bonchev–Trinajstić information content (AvgIpc) is 3.03. The highest BCUT2D eigenvalue weighted by atomic mass is 16.9. The van der Waals surface area contributed by atoms with Gasteiger partial charge in [0.25, 0.3) is 5.91 Å². The Morgan fingerprint density at radius 3 is 2.26 bits per heavy atom. The fourth-order valence-electron chi connectivity index (χ4n) is 3.98. The number of benzene rings is 1. The first-order valence-electron chi connectivity index (χ1n) is 9.29. The minimum Gasteiger partial charge on any atom is -0.342 e. The SMILES string of the molecule is Cc1ccc(NC(=O)C2OC3OC(C)(C)OC3C3OC(C)(C)OC23)c(C)c1. The van der Waals surface area contributed by atoms with E-state index in [-0.39, 0.29) is 5.91 Å². The zero-order valence-electron chi connectivity index (χ0n) is 16.6. The van der Waals surface area contributed by atoms with Crippen LogP contribution in [-0.2, 0) is 28.5 Å². The van der Waals surface area contributed by atoms with E-state index in [4.69, 9.17) is 23.7 Å². The number of carbonyl (C=O) groups is 1. The van der Waals surface area contributed by atoms with Crippen LogP contribution in [0.2, 0.25) is 0 Å². The van der Waals surface area contributed by atoms with Crippen molar-refractivity contribution in [2.45, 2.75) is 83.8 Å². The highest BCUT2D eigenvalue weighted by Gasteiger charge is 2.62. The van der Waals surface area contributed by atoms with E-state index in [2.05, 4.69) is 5.32 Å². The van der Waals surface area contributed by atoms with Gasteiger partial charge in [-0.1, -0.05) is 17.7 Å². The Kier molecular flexibility index (Phi) is 4.36. The van der Waals surface area contributed by atoms with Gasteiger partial charge in [0.15, 0.2) is 24.0 Å². The lowest BCUT2D eigenvalue weighted by Crippen LogP contribution is -2.58. The number of carbonyl (C=O) groups excluding carboxylic acids is 1. The number of nitrogens with one attached hydrogen (secondary N) is 1. The molecule has 1 N–H and O–H groups in total. The summed E-state index contributed by atoms with van der Waals surface area (Å²) in [4.78, 5) is 13.0. The molecule has 0 aliphatic carbocycles. The van der Waals surface area contributed by atoms with E-state index in [9.17, 15) is 4.79 Å². The third-order valence-electron chi connectivity index (χ3n) is 5.05. The highest BCUT2D eigenvalue weighted by molar-refractivity contribution is 5.95. The van der Waals surface area contributed by atoms with Gasteiger partial charge in [0, 0.05) is 5.69 Å². The van der Waals surface area contributed by atoms with Crippen LogP contribution in [-0.4, -0.2) is 48.2 Å². The number of aryl methyl sites for hydroxylation is 2. The summed E-state index contributed by atoms with van der Waals surface area (Å²) in [7, 11) is 0. The molecular weight excluding hydrogens is 350 g/mol. The molecule has 0 radical (unpaired) electrons. The Hall–Kier alpha value is -1.51. The molecule has 148 valence electrons. The van der Waals surface area contributed by atoms with Gasteiger partial charge >= 0.3 is 0 Å². The summed E-state index contributed by atoms with van der Waals surface area (Å²) >= 11 is 0. The van der Waals surface area contributed by atoms with E-state index in [0.29, 0.717) is 0 Å². The van der Waals surface area contributed by atoms with Crippen molar-refractivity contribution >= 4 is 11.6 Å². The molecule has 5 atom stereocenters. The molecular formula is C20H27NO6. The van der Waals surface area contributed by atoms with Crippen LogP contribution >= 0.6 is 0 Å². The van der Waals surface area contributed by atoms with Crippen molar-refractivity contribution in [2.75, 3.05) is 5.32 Å². The second kappa shape index (κ2) is 6.25. The summed E-state index contributed by atoms with van der Waals surface area (Å²) in [5.74, 6) is -1.93. The fraction of sp³-hybridized carbons (Fsp3) is 0.650. The lowest BCUT2D eigenvalue weighted by molar-refractivity contribution is -0.229. The molecule has 0 saturated carbocycles. The number of hydrogen-bond donors (Lipinski definition) is 1. The first-order chi connectivity index (χ1) is 12.5. The smallest absolute Gasteiger partial charge is 0.256 e. The average molecular weight is 377 g/mol. The molecule has 7 nitrogen and oxygen atoms in total. The van der Waals surface area contributed by atoms with Gasteiger partial charge in [0.1, 0.15) is 18.3 Å². The number of fused-ring (bicyclic) bond motifs is 3. The predicted octanol–water partition coefficient (Wildman–Crippen LogP) is 2.64. The van der Waals surface area contributed by atoms with Crippen molar-refractivity contribution in [3.8, 4) is 0 Å². The standard InChI is InChI=1S/C20H27NO6/c1-10-7-8-12(11(2)9-10)21-17(22)15-13-14(25-19(3,4)24-13)16-18(23-15)27-20(5,6)26-16/h7-9,13-16,18H,1-6H3,(H,21,22). The number of ether oxygens (including phenoxy) is 5. The molecule has 3 heterocycles. The van der Waals surface area contributed by atoms with Crippen molar-refractivity contribution < 1.29 is 28.5 Å². The van der Waals surface area contributed by atoms with E-state index in [1.807, 2.05) is 59.7 Å². The van der Waals surface area contributed by atoms with Crippen LogP contribution in [0.4, 0.5) is 5.69 Å². The fourth-order valence-corrected chi connectivity index (χ4v) is 3.98. The second-order valence-corrected chi connectivity index (χ2v) is 8.40. The van der Waals surface area contributed by atoms with Crippen molar-refractivity contribution in [2.24, 2.45) is 0 Å². The van der Waals surface area contributed by atoms with Crippen molar-refractivity contribution in [1.29, 1.82) is 0 Å². The molecule has 4 rings (SSSR count). The van der Waals surface area contributed by atoms with Crippen molar-refractivity contribution in [3.63, 3.8) is 0 Å². The van der Waals surface area contributed by atoms with Gasteiger partial charge < -0.3 is 29.0 Å². The van der Waals surface area contributed by atoms with E-state index in [1.54, 1.807) is 0 Å². The first kappa shape index (κ1) is 18.8. The number of rotatable bonds is 2. The van der Waals surface area contributed by atoms with Crippen LogP contribution in [0, 0.1) is 13.8 Å². The molecule has 5 unspecified atom stereocenters. The molecule has 0 bridgehead atoms. The Morgan fingerprint density at radius 2 is 1.56 bits per heavy atom. The minimum atomic E-state index is -0.865. The van der Waals surface area contributed by atoms with E-state index in [1.165, 1.54) is 0 Å². The first-order valence-corrected chi connectivity index (χ1v) is 9.29. The summed E-state index contributed by atoms with van der Waals surface area (Å²) in [6, 6.07) is 5.86. The Balaban J connectivity index is 1.59. The minimum absolute atomic E-state index is 0.287. The Bertz CT molecular complexity index is 761. The Morgan fingerprint density at radius 1 is 0.926 bits per heavy atom. The van der Waals surface area contributed by atoms with Gasteiger partial charge in [-0.25, -0.2) is 0 Å². The van der Waals surface area contributed by atoms with Crippen molar-refractivity contribution in [1.82, 2.24) is 0 Å². The highest BCUT2D eigenvalue weighted by Crippen LogP contribution is 2.44. The molecule has 3 aliphatic heterocycles. The molecule has 1 aromatic rings. The zero-order valence-corrected chi connectivity index (χ0v) is 16.6. The molecule has 1 aromatic carbocycles. The second-order valence-electron chi connectivity index (χ2n) is 8.40. The lowest BCUT2D eigenvalue weighted by atomic mass is 9.98. The lowest BCUT2D eigenvalue weighted by Gasteiger charge is -2.36. The van der Waals surface area contributed by atoms with E-state index < -0.39 is 42.3 Å². The van der Waals surface area contributed by atoms with Gasteiger partial charge in [-0.3, -0.25) is 4.79 Å². The van der Waals surface area contributed by atoms with E-state index >= 15 is 0 Å². The summed E-state index contributed by atoms with van der Waals surface area (Å²) in [5, 5.41) is 2.95. The molecule has 27 heavy (non-hydrogen) atoms. The zero-order chi connectivity index (χ0) is 19.6. The van der Waals surface area contributed by atoms with Crippen LogP contribution in [0.3, 0.4) is 0 Å².